The second-order valence-electron chi connectivity index (χ2n) is 6.60. The minimum absolute atomic E-state index is 0.0525. The molecule has 5 atom stereocenters. The van der Waals surface area contributed by atoms with Crippen LogP contribution in [0, 0.1) is 5.82 Å². The van der Waals surface area contributed by atoms with Crippen LogP contribution < -0.4 is 25.5 Å². The predicted octanol–water partition coefficient (Wildman–Crippen LogP) is -1.59. The van der Waals surface area contributed by atoms with Gasteiger partial charge in [-0.2, -0.15) is 4.39 Å². The zero-order valence-electron chi connectivity index (χ0n) is 16.6. The molecule has 1 aliphatic heterocycles. The van der Waals surface area contributed by atoms with Crippen LogP contribution in [0.25, 0.3) is 0 Å². The van der Waals surface area contributed by atoms with Crippen LogP contribution in [0.5, 0.6) is 17.2 Å². The van der Waals surface area contributed by atoms with Crippen molar-refractivity contribution in [3.05, 3.63) is 50.5 Å². The van der Waals surface area contributed by atoms with Gasteiger partial charge in [-0.25, -0.2) is 9.59 Å². The summed E-state index contributed by atoms with van der Waals surface area (Å²) in [6.07, 6.45) is -8.52. The first-order valence-corrected chi connectivity index (χ1v) is 8.96. The molecule has 3 rings (SSSR count). The molecule has 0 amide bonds. The maximum Gasteiger partial charge on any atom is 0.343 e. The molecule has 1 unspecified atom stereocenters. The Morgan fingerprint density at radius 2 is 1.84 bits per heavy atom. The quantitative estimate of drug-likeness (QED) is 0.301. The van der Waals surface area contributed by atoms with E-state index >= 15 is 0 Å². The van der Waals surface area contributed by atoms with Crippen molar-refractivity contribution in [2.45, 2.75) is 30.8 Å². The molecule has 1 aromatic heterocycles. The number of nitrogens with zero attached hydrogens (tertiary/aromatic N) is 1. The summed E-state index contributed by atoms with van der Waals surface area (Å²) in [5.74, 6) is -3.38. The lowest BCUT2D eigenvalue weighted by molar-refractivity contribution is -0.155. The number of aromatic nitrogens is 2. The predicted molar refractivity (Wildman–Crippen MR) is 100 cm³/mol. The monoisotopic (exact) mass is 458 g/mol. The van der Waals surface area contributed by atoms with E-state index in [2.05, 4.69) is 0 Å². The van der Waals surface area contributed by atoms with Gasteiger partial charge in [-0.15, -0.1) is 0 Å². The second kappa shape index (κ2) is 8.96. The molecule has 1 fully saturated rings. The van der Waals surface area contributed by atoms with E-state index in [1.54, 1.807) is 4.98 Å². The first-order chi connectivity index (χ1) is 15.1. The fourth-order valence-electron chi connectivity index (χ4n) is 3.21. The first kappa shape index (κ1) is 23.2. The fourth-order valence-corrected chi connectivity index (χ4v) is 3.21. The average Bonchev–Trinajstić information content (AvgIpc) is 3.04. The number of ether oxygens (including phenoxy) is 4. The Labute approximate surface area is 177 Å². The van der Waals surface area contributed by atoms with E-state index in [0.29, 0.717) is 10.8 Å². The summed E-state index contributed by atoms with van der Waals surface area (Å²) < 4.78 is 34.7. The van der Waals surface area contributed by atoms with Crippen molar-refractivity contribution in [1.82, 2.24) is 9.55 Å². The number of H-pyrrole nitrogens is 1. The van der Waals surface area contributed by atoms with E-state index in [4.69, 9.17) is 18.9 Å². The molecule has 0 spiro atoms. The number of benzene rings is 1. The van der Waals surface area contributed by atoms with Crippen molar-refractivity contribution in [2.24, 2.45) is 0 Å². The molecule has 13 nitrogen and oxygen atoms in total. The lowest BCUT2D eigenvalue weighted by Gasteiger charge is -2.23. The van der Waals surface area contributed by atoms with Crippen molar-refractivity contribution in [1.29, 1.82) is 0 Å². The van der Waals surface area contributed by atoms with Gasteiger partial charge in [0.15, 0.2) is 23.8 Å². The molecule has 0 saturated carbocycles. The number of hydrogen-bond donors (Lipinski definition) is 5. The van der Waals surface area contributed by atoms with Crippen molar-refractivity contribution < 1.29 is 48.6 Å². The third kappa shape index (κ3) is 4.03. The summed E-state index contributed by atoms with van der Waals surface area (Å²) in [6, 6.07) is 2.46. The van der Waals surface area contributed by atoms with Gasteiger partial charge in [-0.05, 0) is 12.1 Å². The van der Waals surface area contributed by atoms with E-state index in [-0.39, 0.29) is 17.2 Å². The van der Waals surface area contributed by atoms with Gasteiger partial charge in [0, 0.05) is 0 Å². The molecular formula is C18H19FN2O11. The highest BCUT2D eigenvalue weighted by molar-refractivity contribution is 5.95. The SMILES string of the molecule is COc1ccc(OC(O)[C@H]2O[C@@H](n3cc(F)c(=O)[nH]c3=O)[C@H](O)[C@@H]2O)c(OC)c1C(=O)O. The number of carboxylic acid groups (broad SMARTS) is 1. The maximum atomic E-state index is 13.6. The van der Waals surface area contributed by atoms with Crippen LogP contribution in [0.2, 0.25) is 0 Å². The summed E-state index contributed by atoms with van der Waals surface area (Å²) >= 11 is 0. The molecule has 0 radical (unpaired) electrons. The summed E-state index contributed by atoms with van der Waals surface area (Å²) in [7, 11) is 2.39. The highest BCUT2D eigenvalue weighted by Gasteiger charge is 2.48. The number of aromatic amines is 1. The molecule has 5 N–H and O–H groups in total. The Bertz CT molecular complexity index is 1130. The lowest BCUT2D eigenvalue weighted by atomic mass is 10.1. The van der Waals surface area contributed by atoms with Gasteiger partial charge in [-0.3, -0.25) is 14.3 Å². The Morgan fingerprint density at radius 3 is 2.44 bits per heavy atom. The van der Waals surface area contributed by atoms with Crippen LogP contribution in [0.4, 0.5) is 4.39 Å². The summed E-state index contributed by atoms with van der Waals surface area (Å²) in [5, 5.41) is 40.3. The van der Waals surface area contributed by atoms with E-state index in [1.165, 1.54) is 19.2 Å². The van der Waals surface area contributed by atoms with Crippen molar-refractivity contribution in [2.75, 3.05) is 14.2 Å². The van der Waals surface area contributed by atoms with Gasteiger partial charge in [0.05, 0.1) is 20.4 Å². The Hall–Kier alpha value is -3.46. The molecule has 1 aromatic carbocycles. The number of rotatable bonds is 7. The molecule has 14 heteroatoms. The standard InChI is InChI=1S/C18H19FN2O11/c1-29-7-3-4-8(12(30-2)9(7)16(25)26)31-17(27)13-10(22)11(23)15(32-13)21-5-6(19)14(24)20-18(21)28/h3-5,10-11,13,15,17,22-23,27H,1-2H3,(H,25,26)(H,20,24,28)/t10-,11+,13-,15+,17?/m0/s1. The molecule has 2 heterocycles. The van der Waals surface area contributed by atoms with Crippen LogP contribution in [0.15, 0.2) is 27.9 Å². The number of aromatic carboxylic acids is 1. The number of methoxy groups -OCH3 is 2. The van der Waals surface area contributed by atoms with Crippen molar-refractivity contribution in [3.63, 3.8) is 0 Å². The number of halogens is 1. The van der Waals surface area contributed by atoms with Gasteiger partial charge in [-0.1, -0.05) is 0 Å². The van der Waals surface area contributed by atoms with Crippen molar-refractivity contribution in [3.8, 4) is 17.2 Å². The Kier molecular flexibility index (Phi) is 6.50. The molecular weight excluding hydrogens is 439 g/mol. The normalized spacial score (nSPS) is 23.6. The van der Waals surface area contributed by atoms with Gasteiger partial charge in [0.1, 0.15) is 23.5 Å². The van der Waals surface area contributed by atoms with Crippen LogP contribution in [0.3, 0.4) is 0 Å². The number of nitrogens with one attached hydrogen (secondary N) is 1. The van der Waals surface area contributed by atoms with Crippen LogP contribution in [-0.2, 0) is 4.74 Å². The zero-order valence-corrected chi connectivity index (χ0v) is 16.6. The first-order valence-electron chi connectivity index (χ1n) is 8.96. The van der Waals surface area contributed by atoms with Crippen molar-refractivity contribution >= 4 is 5.97 Å². The molecule has 0 bridgehead atoms. The molecule has 174 valence electrons. The number of carboxylic acids is 1. The van der Waals surface area contributed by atoms with Gasteiger partial charge < -0.3 is 39.4 Å². The minimum Gasteiger partial charge on any atom is -0.496 e. The van der Waals surface area contributed by atoms with Gasteiger partial charge in [0.2, 0.25) is 12.1 Å². The maximum absolute atomic E-state index is 13.6. The van der Waals surface area contributed by atoms with Gasteiger partial charge in [0.25, 0.3) is 5.56 Å². The summed E-state index contributed by atoms with van der Waals surface area (Å²) in [6.45, 7) is 0. The number of aliphatic hydroxyl groups excluding tert-OH is 3. The third-order valence-electron chi connectivity index (χ3n) is 4.72. The molecule has 1 saturated heterocycles. The van der Waals surface area contributed by atoms with Crippen LogP contribution in [0.1, 0.15) is 16.6 Å². The second-order valence-corrected chi connectivity index (χ2v) is 6.60. The molecule has 32 heavy (non-hydrogen) atoms. The highest BCUT2D eigenvalue weighted by Crippen LogP contribution is 2.39. The average molecular weight is 458 g/mol. The lowest BCUT2D eigenvalue weighted by Crippen LogP contribution is -2.41. The minimum atomic E-state index is -2.00. The largest absolute Gasteiger partial charge is 0.496 e. The van der Waals surface area contributed by atoms with E-state index in [0.717, 1.165) is 7.11 Å². The number of carbonyl (C=O) groups is 1. The van der Waals surface area contributed by atoms with Crippen LogP contribution in [-0.4, -0.2) is 74.8 Å². The Morgan fingerprint density at radius 1 is 1.19 bits per heavy atom. The highest BCUT2D eigenvalue weighted by atomic mass is 19.1. The third-order valence-corrected chi connectivity index (χ3v) is 4.72. The zero-order chi connectivity index (χ0) is 23.7. The fraction of sp³-hybridized carbons (Fsp3) is 0.389. The van der Waals surface area contributed by atoms with E-state index < -0.39 is 59.4 Å². The van der Waals surface area contributed by atoms with Crippen LogP contribution >= 0.6 is 0 Å². The summed E-state index contributed by atoms with van der Waals surface area (Å²) in [4.78, 5) is 36.4. The molecule has 2 aromatic rings. The number of hydrogen-bond acceptors (Lipinski definition) is 10. The Balaban J connectivity index is 1.89. The van der Waals surface area contributed by atoms with E-state index in [9.17, 15) is 39.2 Å². The number of aliphatic hydroxyl groups is 3. The van der Waals surface area contributed by atoms with Gasteiger partial charge >= 0.3 is 11.7 Å². The smallest absolute Gasteiger partial charge is 0.343 e. The molecule has 1 aliphatic rings. The topological polar surface area (TPSA) is 190 Å². The summed E-state index contributed by atoms with van der Waals surface area (Å²) in [5.41, 5.74) is -2.83. The van der Waals surface area contributed by atoms with E-state index in [1.807, 2.05) is 0 Å². The molecule has 0 aliphatic carbocycles.